The zero-order valence-corrected chi connectivity index (χ0v) is 14.5. The van der Waals surface area contributed by atoms with Crippen LogP contribution < -0.4 is 4.72 Å². The van der Waals surface area contributed by atoms with Gasteiger partial charge in [0, 0.05) is 25.6 Å². The minimum atomic E-state index is -3.53. The molecular formula is C18H24N2O3S. The Bertz CT molecular complexity index is 700. The third-order valence-electron chi connectivity index (χ3n) is 4.70. The van der Waals surface area contributed by atoms with Crippen molar-refractivity contribution in [2.24, 2.45) is 5.92 Å². The first-order chi connectivity index (χ1) is 11.5. The molecule has 0 bridgehead atoms. The Morgan fingerprint density at radius 3 is 2.71 bits per heavy atom. The van der Waals surface area contributed by atoms with Gasteiger partial charge in [0.15, 0.2) is 0 Å². The van der Waals surface area contributed by atoms with Crippen LogP contribution in [0.3, 0.4) is 0 Å². The molecule has 3 rings (SSSR count). The van der Waals surface area contributed by atoms with Crippen molar-refractivity contribution in [2.45, 2.75) is 43.0 Å². The van der Waals surface area contributed by atoms with Gasteiger partial charge in [0.1, 0.15) is 0 Å². The number of benzene rings is 1. The second-order valence-electron chi connectivity index (χ2n) is 6.58. The van der Waals surface area contributed by atoms with Crippen LogP contribution in [0.1, 0.15) is 32.1 Å². The summed E-state index contributed by atoms with van der Waals surface area (Å²) in [4.78, 5) is 14.5. The van der Waals surface area contributed by atoms with E-state index in [9.17, 15) is 13.2 Å². The van der Waals surface area contributed by atoms with Gasteiger partial charge in [-0.3, -0.25) is 4.79 Å². The van der Waals surface area contributed by atoms with Gasteiger partial charge >= 0.3 is 0 Å². The average molecular weight is 348 g/mol. The summed E-state index contributed by atoms with van der Waals surface area (Å²) in [5, 5.41) is 0. The Morgan fingerprint density at radius 1 is 1.21 bits per heavy atom. The lowest BCUT2D eigenvalue weighted by Crippen LogP contribution is -2.49. The number of carbonyl (C=O) groups excluding carboxylic acids is 1. The molecule has 1 saturated heterocycles. The van der Waals surface area contributed by atoms with Crippen LogP contribution in [0.25, 0.3) is 0 Å². The summed E-state index contributed by atoms with van der Waals surface area (Å²) in [5.74, 6) is 0.481. The van der Waals surface area contributed by atoms with Crippen molar-refractivity contribution in [1.82, 2.24) is 9.62 Å². The Labute approximate surface area is 143 Å². The van der Waals surface area contributed by atoms with Gasteiger partial charge in [0.05, 0.1) is 4.90 Å². The average Bonchev–Trinajstić information content (AvgIpc) is 3.08. The Kier molecular flexibility index (Phi) is 5.36. The first-order valence-electron chi connectivity index (χ1n) is 8.56. The lowest BCUT2D eigenvalue weighted by molar-refractivity contribution is -0.133. The number of sulfonamides is 1. The van der Waals surface area contributed by atoms with Crippen LogP contribution in [0, 0.1) is 5.92 Å². The molecule has 0 aromatic heterocycles. The minimum absolute atomic E-state index is 0.134. The summed E-state index contributed by atoms with van der Waals surface area (Å²) in [7, 11) is -3.53. The number of likely N-dealkylation sites (tertiary alicyclic amines) is 1. The summed E-state index contributed by atoms with van der Waals surface area (Å²) in [5.41, 5.74) is 0. The van der Waals surface area contributed by atoms with E-state index >= 15 is 0 Å². The van der Waals surface area contributed by atoms with Crippen molar-refractivity contribution in [1.29, 1.82) is 0 Å². The fraction of sp³-hybridized carbons (Fsp3) is 0.500. The normalized spacial score (nSPS) is 24.2. The fourth-order valence-electron chi connectivity index (χ4n) is 3.41. The van der Waals surface area contributed by atoms with Crippen LogP contribution in [0.4, 0.5) is 0 Å². The number of hydrogen-bond donors (Lipinski definition) is 1. The minimum Gasteiger partial charge on any atom is -0.341 e. The van der Waals surface area contributed by atoms with Crippen LogP contribution >= 0.6 is 0 Å². The summed E-state index contributed by atoms with van der Waals surface area (Å²) in [6.45, 7) is 1.18. The predicted molar refractivity (Wildman–Crippen MR) is 92.8 cm³/mol. The Hall–Kier alpha value is -1.66. The summed E-state index contributed by atoms with van der Waals surface area (Å²) in [6.07, 6.45) is 8.48. The zero-order valence-electron chi connectivity index (χ0n) is 13.7. The molecular weight excluding hydrogens is 324 g/mol. The van der Waals surface area contributed by atoms with E-state index in [1.165, 1.54) is 0 Å². The second kappa shape index (κ2) is 7.49. The number of allylic oxidation sites excluding steroid dienone is 2. The number of rotatable bonds is 5. The maximum Gasteiger partial charge on any atom is 0.240 e. The summed E-state index contributed by atoms with van der Waals surface area (Å²) >= 11 is 0. The lowest BCUT2D eigenvalue weighted by atomic mass is 10.0. The quantitative estimate of drug-likeness (QED) is 0.831. The van der Waals surface area contributed by atoms with Gasteiger partial charge < -0.3 is 4.90 Å². The molecule has 1 aliphatic carbocycles. The molecule has 1 aromatic rings. The Balaban J connectivity index is 1.59. The number of piperidine rings is 1. The lowest BCUT2D eigenvalue weighted by Gasteiger charge is -2.33. The van der Waals surface area contributed by atoms with Gasteiger partial charge in [-0.25, -0.2) is 13.1 Å². The number of amides is 1. The molecule has 0 spiro atoms. The third-order valence-corrected chi connectivity index (χ3v) is 6.24. The molecule has 1 heterocycles. The molecule has 5 nitrogen and oxygen atoms in total. The highest BCUT2D eigenvalue weighted by molar-refractivity contribution is 7.89. The van der Waals surface area contributed by atoms with Crippen molar-refractivity contribution < 1.29 is 13.2 Å². The fourth-order valence-corrected chi connectivity index (χ4v) is 4.69. The highest BCUT2D eigenvalue weighted by Crippen LogP contribution is 2.22. The van der Waals surface area contributed by atoms with Gasteiger partial charge in [-0.15, -0.1) is 0 Å². The maximum atomic E-state index is 12.5. The van der Waals surface area contributed by atoms with Crippen molar-refractivity contribution in [3.63, 3.8) is 0 Å². The van der Waals surface area contributed by atoms with E-state index in [1.54, 1.807) is 30.3 Å². The van der Waals surface area contributed by atoms with Gasteiger partial charge in [-0.1, -0.05) is 30.4 Å². The predicted octanol–water partition coefficient (Wildman–Crippen LogP) is 2.31. The van der Waals surface area contributed by atoms with E-state index in [4.69, 9.17) is 0 Å². The SMILES string of the molecule is O=C(C[C@H]1C=CCC1)N1CCC[C@@H](NS(=O)(=O)c2ccccc2)C1. The molecule has 0 unspecified atom stereocenters. The van der Waals surface area contributed by atoms with E-state index in [0.29, 0.717) is 18.9 Å². The van der Waals surface area contributed by atoms with E-state index in [1.807, 2.05) is 4.90 Å². The first-order valence-corrected chi connectivity index (χ1v) is 10.0. The highest BCUT2D eigenvalue weighted by Gasteiger charge is 2.28. The molecule has 2 atom stereocenters. The number of nitrogens with one attached hydrogen (secondary N) is 1. The molecule has 1 aliphatic heterocycles. The number of nitrogens with zero attached hydrogens (tertiary/aromatic N) is 1. The van der Waals surface area contributed by atoms with Crippen molar-refractivity contribution in [3.8, 4) is 0 Å². The molecule has 1 N–H and O–H groups in total. The third kappa shape index (κ3) is 4.24. The van der Waals surface area contributed by atoms with Crippen LogP contribution in [0.2, 0.25) is 0 Å². The molecule has 0 saturated carbocycles. The molecule has 24 heavy (non-hydrogen) atoms. The van der Waals surface area contributed by atoms with Crippen LogP contribution in [0.5, 0.6) is 0 Å². The van der Waals surface area contributed by atoms with Crippen molar-refractivity contribution >= 4 is 15.9 Å². The topological polar surface area (TPSA) is 66.5 Å². The molecule has 1 fully saturated rings. The maximum absolute atomic E-state index is 12.5. The molecule has 1 aromatic carbocycles. The van der Waals surface area contributed by atoms with Crippen LogP contribution in [-0.4, -0.2) is 38.4 Å². The smallest absolute Gasteiger partial charge is 0.240 e. The Morgan fingerprint density at radius 2 is 2.00 bits per heavy atom. The van der Waals surface area contributed by atoms with Crippen molar-refractivity contribution in [3.05, 3.63) is 42.5 Å². The van der Waals surface area contributed by atoms with Crippen LogP contribution in [-0.2, 0) is 14.8 Å². The molecule has 2 aliphatic rings. The number of hydrogen-bond acceptors (Lipinski definition) is 3. The van der Waals surface area contributed by atoms with Gasteiger partial charge in [-0.05, 0) is 43.7 Å². The largest absolute Gasteiger partial charge is 0.341 e. The van der Waals surface area contributed by atoms with Gasteiger partial charge in [0.25, 0.3) is 0 Å². The second-order valence-corrected chi connectivity index (χ2v) is 8.30. The molecule has 0 radical (unpaired) electrons. The van der Waals surface area contributed by atoms with E-state index < -0.39 is 10.0 Å². The van der Waals surface area contributed by atoms with E-state index in [0.717, 1.165) is 32.2 Å². The summed E-state index contributed by atoms with van der Waals surface area (Å²) < 4.78 is 27.6. The van der Waals surface area contributed by atoms with Gasteiger partial charge in [0.2, 0.25) is 15.9 Å². The molecule has 130 valence electrons. The first kappa shape index (κ1) is 17.2. The van der Waals surface area contributed by atoms with Crippen LogP contribution in [0.15, 0.2) is 47.4 Å². The molecule has 6 heteroatoms. The standard InChI is InChI=1S/C18H24N2O3S/c21-18(13-15-7-4-5-8-15)20-12-6-9-16(14-20)19-24(22,23)17-10-2-1-3-11-17/h1-4,7,10-11,15-16,19H,5-6,8-9,12-14H2/t15-,16+/m0/s1. The summed E-state index contributed by atoms with van der Waals surface area (Å²) in [6, 6.07) is 8.16. The molecule has 1 amide bonds. The van der Waals surface area contributed by atoms with E-state index in [2.05, 4.69) is 16.9 Å². The van der Waals surface area contributed by atoms with Crippen molar-refractivity contribution in [2.75, 3.05) is 13.1 Å². The zero-order chi connectivity index (χ0) is 17.0. The van der Waals surface area contributed by atoms with E-state index in [-0.39, 0.29) is 16.8 Å². The monoisotopic (exact) mass is 348 g/mol. The highest BCUT2D eigenvalue weighted by atomic mass is 32.2. The number of carbonyl (C=O) groups is 1. The van der Waals surface area contributed by atoms with Gasteiger partial charge in [-0.2, -0.15) is 0 Å².